The van der Waals surface area contributed by atoms with Crippen LogP contribution in [-0.2, 0) is 4.57 Å². The second-order valence-electron chi connectivity index (χ2n) is 35.0. The van der Waals surface area contributed by atoms with E-state index in [1.54, 1.807) is 0 Å². The van der Waals surface area contributed by atoms with E-state index < -0.39 is 7.14 Å². The van der Waals surface area contributed by atoms with Gasteiger partial charge in [-0.15, -0.1) is 0 Å². The number of pyridine rings is 3. The molecule has 21 aromatic carbocycles. The van der Waals surface area contributed by atoms with E-state index in [4.69, 9.17) is 24.9 Å². The Balaban J connectivity index is 0.000000114. The van der Waals surface area contributed by atoms with Crippen molar-refractivity contribution in [2.75, 3.05) is 0 Å². The first-order valence-corrected chi connectivity index (χ1v) is 49.1. The predicted octanol–water partition coefficient (Wildman–Crippen LogP) is 32.8. The van der Waals surface area contributed by atoms with Gasteiger partial charge in [0.25, 0.3) is 0 Å². The minimum atomic E-state index is -3.07. The van der Waals surface area contributed by atoms with Crippen LogP contribution in [0.25, 0.3) is 222 Å². The van der Waals surface area contributed by atoms with Gasteiger partial charge in [0.15, 0.2) is 7.14 Å². The molecule has 0 N–H and O–H groups in total. The molecule has 658 valence electrons. The molecule has 0 aliphatic rings. The lowest BCUT2D eigenvalue weighted by Gasteiger charge is -2.20. The Morgan fingerprint density at radius 1 is 0.164 bits per heavy atom. The van der Waals surface area contributed by atoms with E-state index in [1.165, 1.54) is 49.5 Å². The monoisotopic (exact) mass is 1810 g/mol. The Kier molecular flexibility index (Phi) is 22.5. The highest BCUT2D eigenvalue weighted by molar-refractivity contribution is 7.85. The van der Waals surface area contributed by atoms with Crippen LogP contribution in [0.3, 0.4) is 0 Å². The zero-order chi connectivity index (χ0) is 93.2. The van der Waals surface area contributed by atoms with Crippen LogP contribution in [0.15, 0.2) is 534 Å². The second kappa shape index (κ2) is 37.2. The maximum atomic E-state index is 15.0. The standard InChI is InChI=1S/2C44H29N3.C43H30NOP/c1-4-14-30(15-5-1)35-20-12-22-37-41(35)38-23-13-21-36(43(38)46-42(37)32-16-6-2-7-17-32)31-26-28-33(29-27-31)44-45-39-24-10-11-25-40(39)47(44)34-18-8-3-9-19-34;1-4-14-30(15-5-1)35-20-12-22-37-41(35)38-23-13-21-36(43(38)46-42(37)32-16-6-2-7-17-32)31-26-28-34(29-27-31)47-40-25-11-10-24-39(40)45-44(47)33-18-8-3-9-19-33;45-46(34-19-9-3-10-20-34,35-21-11-4-12-22-35)36-29-27-32(28-30-36)38-24-14-26-40-41-37(31-15-5-1-6-16-31)23-13-25-39(41)42(44-43(38)40)33-17-7-2-8-18-33/h2*1-29H;1-30H. The van der Waals surface area contributed by atoms with Gasteiger partial charge in [0.1, 0.15) is 11.6 Å². The van der Waals surface area contributed by atoms with Gasteiger partial charge in [-0.2, -0.15) is 0 Å². The molecule has 140 heavy (non-hydrogen) atoms. The topological polar surface area (TPSA) is 91.4 Å². The summed E-state index contributed by atoms with van der Waals surface area (Å²) in [4.78, 5) is 26.4. The first-order chi connectivity index (χ1) is 69.4. The van der Waals surface area contributed by atoms with E-state index >= 15 is 0 Å². The fraction of sp³-hybridized carbons (Fsp3) is 0. The summed E-state index contributed by atoms with van der Waals surface area (Å²) >= 11 is 0. The van der Waals surface area contributed by atoms with E-state index in [0.717, 1.165) is 188 Å². The average Bonchev–Trinajstić information content (AvgIpc) is 1.02. The lowest BCUT2D eigenvalue weighted by Crippen LogP contribution is -2.24. The van der Waals surface area contributed by atoms with Crippen LogP contribution >= 0.6 is 7.14 Å². The van der Waals surface area contributed by atoms with Crippen LogP contribution in [0.2, 0.25) is 0 Å². The average molecular weight is 1810 g/mol. The van der Waals surface area contributed by atoms with Crippen LogP contribution in [0, 0.1) is 0 Å². The molecule has 0 atom stereocenters. The molecule has 0 amide bonds. The molecule has 0 aliphatic heterocycles. The fourth-order valence-electron chi connectivity index (χ4n) is 20.2. The minimum Gasteiger partial charge on any atom is -0.309 e. The van der Waals surface area contributed by atoms with Gasteiger partial charge in [-0.1, -0.05) is 485 Å². The molecule has 8 nitrogen and oxygen atoms in total. The van der Waals surface area contributed by atoms with Gasteiger partial charge in [-0.3, -0.25) is 9.13 Å². The first kappa shape index (κ1) is 84.8. The molecule has 0 saturated heterocycles. The quantitative estimate of drug-likeness (QED) is 0.0707. The van der Waals surface area contributed by atoms with Crippen molar-refractivity contribution >= 4 is 110 Å². The summed E-state index contributed by atoms with van der Waals surface area (Å²) in [5.74, 6) is 1.85. The third-order valence-electron chi connectivity index (χ3n) is 26.8. The predicted molar refractivity (Wildman–Crippen MR) is 586 cm³/mol. The first-order valence-electron chi connectivity index (χ1n) is 47.4. The zero-order valence-corrected chi connectivity index (χ0v) is 77.2. The molecular weight excluding hydrogens is 1720 g/mol. The van der Waals surface area contributed by atoms with Gasteiger partial charge in [-0.05, 0) is 98.6 Å². The number of hydrogen-bond acceptors (Lipinski definition) is 6. The lowest BCUT2D eigenvalue weighted by molar-refractivity contribution is 0.592. The molecule has 0 aliphatic carbocycles. The Hall–Kier alpha value is -18.2. The Morgan fingerprint density at radius 2 is 0.393 bits per heavy atom. The lowest BCUT2D eigenvalue weighted by atomic mass is 9.91. The van der Waals surface area contributed by atoms with E-state index in [0.29, 0.717) is 0 Å². The maximum absolute atomic E-state index is 15.0. The molecule has 0 saturated carbocycles. The zero-order valence-electron chi connectivity index (χ0n) is 76.3. The van der Waals surface area contributed by atoms with Gasteiger partial charge in [0.2, 0.25) is 0 Å². The molecule has 5 aromatic heterocycles. The number of imidazole rings is 2. The van der Waals surface area contributed by atoms with Crippen LogP contribution in [0.4, 0.5) is 0 Å². The SMILES string of the molecule is O=P(c1ccccc1)(c1ccccc1)c1ccc(-c2cccc3c2nc(-c2ccccc2)c2cccc(-c4ccccc4)c23)cc1.c1ccc(-c2nc3c(-c4ccc(-c5nc6ccccc6n5-c5ccccc5)cc4)cccc3c3c(-c4ccccc4)cccc23)cc1.c1ccc(-c2nc3c(-c4ccc(-n5c(-c6ccccc6)nc6ccccc65)cc4)cccc3c3c(-c4ccccc4)cccc23)cc1. The Morgan fingerprint density at radius 3 is 0.729 bits per heavy atom. The van der Waals surface area contributed by atoms with E-state index in [1.807, 2.05) is 103 Å². The van der Waals surface area contributed by atoms with Gasteiger partial charge in [0.05, 0.1) is 55.7 Å². The van der Waals surface area contributed by atoms with Gasteiger partial charge in [-0.25, -0.2) is 24.9 Å². The normalized spacial score (nSPS) is 11.5. The highest BCUT2D eigenvalue weighted by atomic mass is 31.2. The molecule has 5 heterocycles. The summed E-state index contributed by atoms with van der Waals surface area (Å²) in [6.07, 6.45) is 0. The van der Waals surface area contributed by atoms with E-state index in [9.17, 15) is 4.57 Å². The van der Waals surface area contributed by atoms with Crippen molar-refractivity contribution < 1.29 is 4.57 Å². The molecule has 0 radical (unpaired) electrons. The van der Waals surface area contributed by atoms with Crippen LogP contribution in [0.5, 0.6) is 0 Å². The van der Waals surface area contributed by atoms with Crippen molar-refractivity contribution in [1.29, 1.82) is 0 Å². The van der Waals surface area contributed by atoms with Crippen molar-refractivity contribution in [2.24, 2.45) is 0 Å². The van der Waals surface area contributed by atoms with Crippen molar-refractivity contribution in [3.63, 3.8) is 0 Å². The molecule has 0 spiro atoms. The highest BCUT2D eigenvalue weighted by Gasteiger charge is 2.31. The molecule has 26 aromatic rings. The summed E-state index contributed by atoms with van der Waals surface area (Å²) in [6.45, 7) is 0. The molecule has 0 fully saturated rings. The minimum absolute atomic E-state index is 0.809. The molecular formula is C131H88N7OP. The number of aromatic nitrogens is 7. The summed E-state index contributed by atoms with van der Waals surface area (Å²) in [5.41, 5.74) is 31.3. The third-order valence-corrected chi connectivity index (χ3v) is 29.9. The number of rotatable bonds is 16. The molecule has 0 bridgehead atoms. The van der Waals surface area contributed by atoms with Crippen LogP contribution < -0.4 is 15.9 Å². The molecule has 0 unspecified atom stereocenters. The molecule has 26 rings (SSSR count). The summed E-state index contributed by atoms with van der Waals surface area (Å²) < 4.78 is 19.5. The largest absolute Gasteiger partial charge is 0.309 e. The van der Waals surface area contributed by atoms with Crippen molar-refractivity contribution in [2.45, 2.75) is 0 Å². The van der Waals surface area contributed by atoms with Crippen LogP contribution in [-0.4, -0.2) is 34.1 Å². The Bertz CT molecular complexity index is 9070. The highest BCUT2D eigenvalue weighted by Crippen LogP contribution is 2.49. The Labute approximate surface area is 811 Å². The number of hydrogen-bond donors (Lipinski definition) is 0. The second-order valence-corrected chi connectivity index (χ2v) is 37.8. The van der Waals surface area contributed by atoms with Gasteiger partial charge >= 0.3 is 0 Å². The van der Waals surface area contributed by atoms with Crippen molar-refractivity contribution in [1.82, 2.24) is 34.1 Å². The summed E-state index contributed by atoms with van der Waals surface area (Å²) in [5, 5.41) is 12.9. The smallest absolute Gasteiger partial charge is 0.171 e. The van der Waals surface area contributed by atoms with E-state index in [2.05, 4.69) is 440 Å². The van der Waals surface area contributed by atoms with Gasteiger partial charge < -0.3 is 4.57 Å². The van der Waals surface area contributed by atoms with Gasteiger partial charge in [0, 0.05) is 120 Å². The number of fused-ring (bicyclic) bond motifs is 11. The number of nitrogens with zero attached hydrogens (tertiary/aromatic N) is 7. The summed E-state index contributed by atoms with van der Waals surface area (Å²) in [7, 11) is -3.07. The molecule has 9 heteroatoms. The third kappa shape index (κ3) is 15.7. The van der Waals surface area contributed by atoms with E-state index in [-0.39, 0.29) is 0 Å². The van der Waals surface area contributed by atoms with Crippen molar-refractivity contribution in [3.8, 4) is 135 Å². The van der Waals surface area contributed by atoms with Crippen molar-refractivity contribution in [3.05, 3.63) is 534 Å². The number of benzene rings is 21. The fourth-order valence-corrected chi connectivity index (χ4v) is 22.9. The maximum Gasteiger partial charge on any atom is 0.171 e. The van der Waals surface area contributed by atoms with Crippen LogP contribution in [0.1, 0.15) is 0 Å². The number of para-hydroxylation sites is 8. The summed E-state index contributed by atoms with van der Waals surface area (Å²) in [6, 6.07) is 186.